The summed E-state index contributed by atoms with van der Waals surface area (Å²) in [6.07, 6.45) is 4.83. The summed E-state index contributed by atoms with van der Waals surface area (Å²) in [5.74, 6) is 0. The largest absolute Gasteiger partial charge is 0.389 e. The van der Waals surface area contributed by atoms with Crippen LogP contribution in [0.3, 0.4) is 0 Å². The van der Waals surface area contributed by atoms with Crippen molar-refractivity contribution in [2.75, 3.05) is 33.9 Å². The Morgan fingerprint density at radius 3 is 2.53 bits per heavy atom. The quantitative estimate of drug-likeness (QED) is 0.699. The van der Waals surface area contributed by atoms with E-state index < -0.39 is 6.10 Å². The van der Waals surface area contributed by atoms with Crippen LogP contribution in [0.1, 0.15) is 32.6 Å². The van der Waals surface area contributed by atoms with E-state index in [9.17, 15) is 5.11 Å². The summed E-state index contributed by atoms with van der Waals surface area (Å²) in [7, 11) is 3.75. The number of aliphatic hydroxyl groups excluding tert-OH is 1. The Balaban J connectivity index is 2.12. The second-order valence-electron chi connectivity index (χ2n) is 5.13. The van der Waals surface area contributed by atoms with E-state index in [0.717, 1.165) is 0 Å². The van der Waals surface area contributed by atoms with Crippen molar-refractivity contribution in [2.24, 2.45) is 0 Å². The van der Waals surface area contributed by atoms with Gasteiger partial charge in [0.15, 0.2) is 0 Å². The number of rotatable bonds is 8. The summed E-state index contributed by atoms with van der Waals surface area (Å²) in [6, 6.07) is 0.654. The number of aliphatic hydroxyl groups is 1. The number of likely N-dealkylation sites (N-methyl/N-ethyl adjacent to an activating group) is 1. The maximum Gasteiger partial charge on any atom is 0.0900 e. The zero-order valence-electron chi connectivity index (χ0n) is 11.4. The third kappa shape index (κ3) is 5.82. The molecule has 1 N–H and O–H groups in total. The Bertz CT molecular complexity index is 195. The number of nitrogens with zero attached hydrogens (tertiary/aromatic N) is 1. The molecule has 0 heterocycles. The van der Waals surface area contributed by atoms with Crippen LogP contribution in [0.5, 0.6) is 0 Å². The lowest BCUT2D eigenvalue weighted by Gasteiger charge is -2.26. The van der Waals surface area contributed by atoms with Crippen LogP contribution in [0.4, 0.5) is 0 Å². The Labute approximate surface area is 105 Å². The highest BCUT2D eigenvalue weighted by Crippen LogP contribution is 2.22. The van der Waals surface area contributed by atoms with Crippen LogP contribution in [0.25, 0.3) is 0 Å². The molecule has 4 heteroatoms. The first kappa shape index (κ1) is 14.9. The van der Waals surface area contributed by atoms with Crippen molar-refractivity contribution < 1.29 is 14.6 Å². The van der Waals surface area contributed by atoms with Crippen molar-refractivity contribution in [3.63, 3.8) is 0 Å². The molecule has 0 bridgehead atoms. The molecule has 2 unspecified atom stereocenters. The molecule has 0 aliphatic heterocycles. The molecule has 1 saturated carbocycles. The lowest BCUT2D eigenvalue weighted by Crippen LogP contribution is -2.38. The molecule has 2 atom stereocenters. The smallest absolute Gasteiger partial charge is 0.0900 e. The van der Waals surface area contributed by atoms with Crippen molar-refractivity contribution in [1.29, 1.82) is 0 Å². The van der Waals surface area contributed by atoms with E-state index in [-0.39, 0.29) is 6.10 Å². The van der Waals surface area contributed by atoms with Gasteiger partial charge in [0.2, 0.25) is 0 Å². The molecule has 1 aliphatic rings. The van der Waals surface area contributed by atoms with Crippen LogP contribution in [-0.2, 0) is 9.47 Å². The summed E-state index contributed by atoms with van der Waals surface area (Å²) in [5, 5.41) is 9.89. The van der Waals surface area contributed by atoms with Gasteiger partial charge in [-0.15, -0.1) is 0 Å². The van der Waals surface area contributed by atoms with Gasteiger partial charge in [-0.2, -0.15) is 0 Å². The van der Waals surface area contributed by atoms with Gasteiger partial charge in [0.05, 0.1) is 25.4 Å². The van der Waals surface area contributed by atoms with Crippen LogP contribution in [0, 0.1) is 0 Å². The number of hydrogen-bond acceptors (Lipinski definition) is 4. The summed E-state index contributed by atoms with van der Waals surface area (Å²) in [4.78, 5) is 2.27. The van der Waals surface area contributed by atoms with Crippen LogP contribution in [0.2, 0.25) is 0 Å². The average Bonchev–Trinajstić information content (AvgIpc) is 2.80. The molecule has 4 nitrogen and oxygen atoms in total. The minimum Gasteiger partial charge on any atom is -0.389 e. The fraction of sp³-hybridized carbons (Fsp3) is 1.00. The first-order valence-electron chi connectivity index (χ1n) is 6.62. The van der Waals surface area contributed by atoms with Gasteiger partial charge >= 0.3 is 0 Å². The average molecular weight is 245 g/mol. The van der Waals surface area contributed by atoms with Gasteiger partial charge in [0.1, 0.15) is 0 Å². The first-order valence-corrected chi connectivity index (χ1v) is 6.62. The van der Waals surface area contributed by atoms with Gasteiger partial charge in [0, 0.05) is 19.7 Å². The van der Waals surface area contributed by atoms with Gasteiger partial charge in [0.25, 0.3) is 0 Å². The standard InChI is InChI=1S/C13H27NO3/c1-11(9-16-3)17-10-13(15)8-14(2)12-6-4-5-7-12/h11-13,15H,4-10H2,1-3H3. The van der Waals surface area contributed by atoms with Gasteiger partial charge in [-0.1, -0.05) is 12.8 Å². The summed E-state index contributed by atoms with van der Waals surface area (Å²) in [6.45, 7) is 3.62. The van der Waals surface area contributed by atoms with Crippen molar-refractivity contribution in [3.05, 3.63) is 0 Å². The number of hydrogen-bond donors (Lipinski definition) is 1. The molecule has 1 fully saturated rings. The molecule has 0 amide bonds. The normalized spacial score (nSPS) is 21.0. The molecule has 1 rings (SSSR count). The van der Waals surface area contributed by atoms with E-state index >= 15 is 0 Å². The van der Waals surface area contributed by atoms with Crippen LogP contribution < -0.4 is 0 Å². The minimum absolute atomic E-state index is 0.0476. The van der Waals surface area contributed by atoms with E-state index in [1.54, 1.807) is 7.11 Å². The molecule has 0 spiro atoms. The Morgan fingerprint density at radius 1 is 1.29 bits per heavy atom. The molecular formula is C13H27NO3. The molecule has 1 aliphatic carbocycles. The van der Waals surface area contributed by atoms with Crippen LogP contribution in [0.15, 0.2) is 0 Å². The molecule has 0 saturated heterocycles. The minimum atomic E-state index is -0.403. The predicted octanol–water partition coefficient (Wildman–Crippen LogP) is 1.27. The first-order chi connectivity index (χ1) is 8.13. The van der Waals surface area contributed by atoms with E-state index in [4.69, 9.17) is 9.47 Å². The van der Waals surface area contributed by atoms with E-state index in [0.29, 0.717) is 25.8 Å². The third-order valence-electron chi connectivity index (χ3n) is 3.42. The molecule has 0 aromatic heterocycles. The monoisotopic (exact) mass is 245 g/mol. The topological polar surface area (TPSA) is 41.9 Å². The van der Waals surface area contributed by atoms with Crippen molar-refractivity contribution in [1.82, 2.24) is 4.90 Å². The maximum absolute atomic E-state index is 9.89. The third-order valence-corrected chi connectivity index (χ3v) is 3.42. The molecule has 0 radical (unpaired) electrons. The molecular weight excluding hydrogens is 218 g/mol. The fourth-order valence-corrected chi connectivity index (χ4v) is 2.44. The fourth-order valence-electron chi connectivity index (χ4n) is 2.44. The predicted molar refractivity (Wildman–Crippen MR) is 68.2 cm³/mol. The lowest BCUT2D eigenvalue weighted by atomic mass is 10.2. The zero-order valence-corrected chi connectivity index (χ0v) is 11.4. The van der Waals surface area contributed by atoms with E-state index in [2.05, 4.69) is 11.9 Å². The highest BCUT2D eigenvalue weighted by molar-refractivity contribution is 4.76. The molecule has 17 heavy (non-hydrogen) atoms. The molecule has 0 aromatic rings. The molecule has 0 aromatic carbocycles. The van der Waals surface area contributed by atoms with Gasteiger partial charge in [-0.25, -0.2) is 0 Å². The Hall–Kier alpha value is -0.160. The number of ether oxygens (including phenoxy) is 2. The van der Waals surface area contributed by atoms with Gasteiger partial charge in [-0.05, 0) is 26.8 Å². The van der Waals surface area contributed by atoms with Crippen molar-refractivity contribution >= 4 is 0 Å². The molecule has 102 valence electrons. The maximum atomic E-state index is 9.89. The second kappa shape index (κ2) is 8.03. The summed E-state index contributed by atoms with van der Waals surface area (Å²) < 4.78 is 10.5. The highest BCUT2D eigenvalue weighted by atomic mass is 16.5. The van der Waals surface area contributed by atoms with Crippen LogP contribution >= 0.6 is 0 Å². The SMILES string of the molecule is COCC(C)OCC(O)CN(C)C1CCCC1. The Kier molecular flexibility index (Phi) is 7.04. The van der Waals surface area contributed by atoms with Crippen molar-refractivity contribution in [3.8, 4) is 0 Å². The van der Waals surface area contributed by atoms with Crippen LogP contribution in [-0.4, -0.2) is 62.2 Å². The Morgan fingerprint density at radius 2 is 1.94 bits per heavy atom. The van der Waals surface area contributed by atoms with E-state index in [1.165, 1.54) is 25.7 Å². The summed E-state index contributed by atoms with van der Waals surface area (Å²) >= 11 is 0. The van der Waals surface area contributed by atoms with Gasteiger partial charge < -0.3 is 19.5 Å². The van der Waals surface area contributed by atoms with Crippen molar-refractivity contribution in [2.45, 2.75) is 50.9 Å². The lowest BCUT2D eigenvalue weighted by molar-refractivity contribution is -0.0404. The highest BCUT2D eigenvalue weighted by Gasteiger charge is 2.21. The summed E-state index contributed by atoms with van der Waals surface area (Å²) in [5.41, 5.74) is 0. The van der Waals surface area contributed by atoms with Gasteiger partial charge in [-0.3, -0.25) is 0 Å². The second-order valence-corrected chi connectivity index (χ2v) is 5.13. The van der Waals surface area contributed by atoms with E-state index in [1.807, 2.05) is 6.92 Å². The zero-order chi connectivity index (χ0) is 12.7. The number of methoxy groups -OCH3 is 1.